The fourth-order valence-electron chi connectivity index (χ4n) is 2.16. The van der Waals surface area contributed by atoms with Crippen LogP contribution in [0.2, 0.25) is 0 Å². The van der Waals surface area contributed by atoms with Crippen molar-refractivity contribution in [2.75, 3.05) is 26.3 Å². The molecule has 0 atom stereocenters. The number of rotatable bonds is 13. The van der Waals surface area contributed by atoms with Crippen LogP contribution in [0.5, 0.6) is 0 Å². The highest BCUT2D eigenvalue weighted by molar-refractivity contribution is 6.13. The standard InChI is InChI=1S/C17H28N2O5/c1-3-12-23-17(24-13-4-2)6-5-10-18-14(20)9-11-19-15(21)7-8-16(19)22/h7-8,17H,3-6,9-13H2,1-2H3,(H,18,20). The highest BCUT2D eigenvalue weighted by Crippen LogP contribution is 2.06. The first-order valence-corrected chi connectivity index (χ1v) is 8.61. The molecule has 1 rings (SSSR count). The Labute approximate surface area is 143 Å². The molecule has 1 N–H and O–H groups in total. The second-order valence-corrected chi connectivity index (χ2v) is 5.57. The van der Waals surface area contributed by atoms with Crippen LogP contribution < -0.4 is 5.32 Å². The van der Waals surface area contributed by atoms with Gasteiger partial charge in [0, 0.05) is 51.3 Å². The average molecular weight is 340 g/mol. The van der Waals surface area contributed by atoms with E-state index in [-0.39, 0.29) is 37.0 Å². The van der Waals surface area contributed by atoms with E-state index < -0.39 is 0 Å². The third-order valence-corrected chi connectivity index (χ3v) is 3.42. The average Bonchev–Trinajstić information content (AvgIpc) is 2.89. The summed E-state index contributed by atoms with van der Waals surface area (Å²) in [4.78, 5) is 35.5. The molecule has 0 aromatic rings. The Hall–Kier alpha value is -1.73. The summed E-state index contributed by atoms with van der Waals surface area (Å²) < 4.78 is 11.2. The van der Waals surface area contributed by atoms with E-state index in [9.17, 15) is 14.4 Å². The van der Waals surface area contributed by atoms with Gasteiger partial charge in [-0.25, -0.2) is 0 Å². The predicted molar refractivity (Wildman–Crippen MR) is 89.0 cm³/mol. The van der Waals surface area contributed by atoms with Gasteiger partial charge < -0.3 is 14.8 Å². The van der Waals surface area contributed by atoms with Crippen molar-refractivity contribution in [1.82, 2.24) is 10.2 Å². The van der Waals surface area contributed by atoms with Gasteiger partial charge in [-0.1, -0.05) is 13.8 Å². The van der Waals surface area contributed by atoms with Crippen LogP contribution in [-0.4, -0.2) is 55.2 Å². The van der Waals surface area contributed by atoms with E-state index in [4.69, 9.17) is 9.47 Å². The second kappa shape index (κ2) is 11.8. The molecule has 1 aliphatic rings. The monoisotopic (exact) mass is 340 g/mol. The minimum absolute atomic E-state index is 0.109. The van der Waals surface area contributed by atoms with Crippen molar-refractivity contribution in [3.63, 3.8) is 0 Å². The highest BCUT2D eigenvalue weighted by Gasteiger charge is 2.23. The van der Waals surface area contributed by atoms with Crippen molar-refractivity contribution in [1.29, 1.82) is 0 Å². The molecular formula is C17H28N2O5. The van der Waals surface area contributed by atoms with Crippen LogP contribution in [0.15, 0.2) is 12.2 Å². The van der Waals surface area contributed by atoms with Crippen molar-refractivity contribution in [3.05, 3.63) is 12.2 Å². The molecule has 7 heteroatoms. The zero-order chi connectivity index (χ0) is 17.8. The van der Waals surface area contributed by atoms with Gasteiger partial charge in [0.1, 0.15) is 0 Å². The maximum Gasteiger partial charge on any atom is 0.253 e. The van der Waals surface area contributed by atoms with Crippen molar-refractivity contribution < 1.29 is 23.9 Å². The van der Waals surface area contributed by atoms with Crippen molar-refractivity contribution in [2.45, 2.75) is 52.2 Å². The SMILES string of the molecule is CCCOC(CCCNC(=O)CCN1C(=O)C=CC1=O)OCCC. The smallest absolute Gasteiger partial charge is 0.253 e. The number of imide groups is 1. The molecule has 0 spiro atoms. The van der Waals surface area contributed by atoms with Gasteiger partial charge in [-0.05, 0) is 19.3 Å². The summed E-state index contributed by atoms with van der Waals surface area (Å²) in [5.74, 6) is -0.906. The Bertz CT molecular complexity index is 424. The Kier molecular flexibility index (Phi) is 9.95. The number of hydrogen-bond donors (Lipinski definition) is 1. The zero-order valence-electron chi connectivity index (χ0n) is 14.6. The summed E-state index contributed by atoms with van der Waals surface area (Å²) in [7, 11) is 0. The van der Waals surface area contributed by atoms with Crippen LogP contribution in [-0.2, 0) is 23.9 Å². The van der Waals surface area contributed by atoms with Crippen LogP contribution in [0, 0.1) is 0 Å². The number of amides is 3. The molecule has 0 saturated heterocycles. The summed E-state index contributed by atoms with van der Waals surface area (Å²) in [6.07, 6.45) is 5.64. The molecule has 1 aliphatic heterocycles. The lowest BCUT2D eigenvalue weighted by Crippen LogP contribution is -2.35. The van der Waals surface area contributed by atoms with Gasteiger partial charge >= 0.3 is 0 Å². The lowest BCUT2D eigenvalue weighted by Gasteiger charge is -2.18. The third-order valence-electron chi connectivity index (χ3n) is 3.42. The summed E-state index contributed by atoms with van der Waals surface area (Å²) >= 11 is 0. The molecule has 0 aromatic carbocycles. The van der Waals surface area contributed by atoms with E-state index >= 15 is 0 Å². The topological polar surface area (TPSA) is 84.9 Å². The van der Waals surface area contributed by atoms with Gasteiger partial charge in [0.25, 0.3) is 11.8 Å². The third kappa shape index (κ3) is 7.70. The number of nitrogens with one attached hydrogen (secondary N) is 1. The summed E-state index contributed by atoms with van der Waals surface area (Å²) in [5, 5.41) is 2.78. The summed E-state index contributed by atoms with van der Waals surface area (Å²) in [5.41, 5.74) is 0. The minimum atomic E-state index is -0.364. The lowest BCUT2D eigenvalue weighted by molar-refractivity contribution is -0.146. The molecule has 0 aromatic heterocycles. The van der Waals surface area contributed by atoms with Gasteiger partial charge in [-0.3, -0.25) is 19.3 Å². The molecule has 0 bridgehead atoms. The van der Waals surface area contributed by atoms with Crippen LogP contribution in [0.25, 0.3) is 0 Å². The molecule has 0 unspecified atom stereocenters. The minimum Gasteiger partial charge on any atom is -0.356 e. The maximum atomic E-state index is 11.8. The van der Waals surface area contributed by atoms with Crippen molar-refractivity contribution in [3.8, 4) is 0 Å². The molecule has 24 heavy (non-hydrogen) atoms. The number of nitrogens with zero attached hydrogens (tertiary/aromatic N) is 1. The van der Waals surface area contributed by atoms with E-state index in [0.29, 0.717) is 26.2 Å². The predicted octanol–water partition coefficient (Wildman–Crippen LogP) is 1.38. The second-order valence-electron chi connectivity index (χ2n) is 5.57. The van der Waals surface area contributed by atoms with Crippen LogP contribution in [0.3, 0.4) is 0 Å². The summed E-state index contributed by atoms with van der Waals surface area (Å²) in [6.45, 7) is 6.03. The van der Waals surface area contributed by atoms with E-state index in [0.717, 1.165) is 24.2 Å². The van der Waals surface area contributed by atoms with E-state index in [2.05, 4.69) is 5.32 Å². The number of hydrogen-bond acceptors (Lipinski definition) is 5. The maximum absolute atomic E-state index is 11.8. The first kappa shape index (κ1) is 20.3. The molecule has 136 valence electrons. The molecule has 0 fully saturated rings. The van der Waals surface area contributed by atoms with Gasteiger partial charge in [-0.15, -0.1) is 0 Å². The number of carbonyl (C=O) groups is 3. The molecule has 1 heterocycles. The van der Waals surface area contributed by atoms with Crippen LogP contribution in [0.4, 0.5) is 0 Å². The largest absolute Gasteiger partial charge is 0.356 e. The first-order chi connectivity index (χ1) is 11.6. The Morgan fingerprint density at radius 1 is 1.12 bits per heavy atom. The molecule has 0 radical (unpaired) electrons. The fourth-order valence-corrected chi connectivity index (χ4v) is 2.16. The summed E-state index contributed by atoms with van der Waals surface area (Å²) in [6, 6.07) is 0. The van der Waals surface area contributed by atoms with E-state index in [1.165, 1.54) is 12.2 Å². The fraction of sp³-hybridized carbons (Fsp3) is 0.706. The normalized spacial score (nSPS) is 14.0. The number of ether oxygens (including phenoxy) is 2. The van der Waals surface area contributed by atoms with Crippen molar-refractivity contribution >= 4 is 17.7 Å². The highest BCUT2D eigenvalue weighted by atomic mass is 16.7. The quantitative estimate of drug-likeness (QED) is 0.311. The lowest BCUT2D eigenvalue weighted by atomic mass is 10.3. The molecule has 0 saturated carbocycles. The molecule has 7 nitrogen and oxygen atoms in total. The molecular weight excluding hydrogens is 312 g/mol. The first-order valence-electron chi connectivity index (χ1n) is 8.61. The van der Waals surface area contributed by atoms with E-state index in [1.807, 2.05) is 13.8 Å². The van der Waals surface area contributed by atoms with Crippen molar-refractivity contribution in [2.24, 2.45) is 0 Å². The van der Waals surface area contributed by atoms with Crippen LogP contribution >= 0.6 is 0 Å². The Morgan fingerprint density at radius 2 is 1.71 bits per heavy atom. The van der Waals surface area contributed by atoms with Gasteiger partial charge in [0.2, 0.25) is 5.91 Å². The molecule has 3 amide bonds. The zero-order valence-corrected chi connectivity index (χ0v) is 14.6. The molecule has 0 aliphatic carbocycles. The Morgan fingerprint density at radius 3 is 2.25 bits per heavy atom. The van der Waals surface area contributed by atoms with E-state index in [1.54, 1.807) is 0 Å². The van der Waals surface area contributed by atoms with Gasteiger partial charge in [0.05, 0.1) is 0 Å². The Balaban J connectivity index is 2.14. The van der Waals surface area contributed by atoms with Gasteiger partial charge in [-0.2, -0.15) is 0 Å². The number of carbonyl (C=O) groups excluding carboxylic acids is 3. The van der Waals surface area contributed by atoms with Gasteiger partial charge in [0.15, 0.2) is 6.29 Å². The van der Waals surface area contributed by atoms with Crippen LogP contribution in [0.1, 0.15) is 46.0 Å².